The third kappa shape index (κ3) is 4.11. The van der Waals surface area contributed by atoms with Crippen molar-refractivity contribution in [1.29, 1.82) is 0 Å². The first-order valence-electron chi connectivity index (χ1n) is 6.74. The van der Waals surface area contributed by atoms with E-state index in [1.54, 1.807) is 6.92 Å². The quantitative estimate of drug-likeness (QED) is 0.840. The first-order chi connectivity index (χ1) is 9.13. The molecule has 5 nitrogen and oxygen atoms in total. The second-order valence-corrected chi connectivity index (χ2v) is 6.15. The molecule has 0 spiro atoms. The van der Waals surface area contributed by atoms with Crippen LogP contribution in [0.15, 0.2) is 10.5 Å². The number of carboxylic acids is 1. The molecule has 2 N–H and O–H groups in total. The summed E-state index contributed by atoms with van der Waals surface area (Å²) < 4.78 is 5.32. The van der Waals surface area contributed by atoms with Gasteiger partial charge in [0, 0.05) is 5.41 Å². The van der Waals surface area contributed by atoms with Crippen molar-refractivity contribution < 1.29 is 19.1 Å². The molecule has 0 fully saturated rings. The van der Waals surface area contributed by atoms with Crippen LogP contribution < -0.4 is 5.32 Å². The highest BCUT2D eigenvalue weighted by atomic mass is 16.4. The fourth-order valence-electron chi connectivity index (χ4n) is 2.36. The minimum atomic E-state index is -1.02. The van der Waals surface area contributed by atoms with E-state index in [9.17, 15) is 9.59 Å². The Hall–Kier alpha value is -1.78. The zero-order valence-electron chi connectivity index (χ0n) is 12.7. The number of nitrogens with one attached hydrogen (secondary N) is 1. The molecule has 0 unspecified atom stereocenters. The zero-order valence-corrected chi connectivity index (χ0v) is 12.7. The van der Waals surface area contributed by atoms with Gasteiger partial charge >= 0.3 is 5.97 Å². The molecule has 20 heavy (non-hydrogen) atoms. The molecule has 1 amide bonds. The smallest absolute Gasteiger partial charge is 0.339 e. The van der Waals surface area contributed by atoms with E-state index >= 15 is 0 Å². The molecule has 0 saturated carbocycles. The van der Waals surface area contributed by atoms with Crippen molar-refractivity contribution in [2.75, 3.05) is 0 Å². The maximum absolute atomic E-state index is 12.1. The summed E-state index contributed by atoms with van der Waals surface area (Å²) in [6.45, 7) is 9.75. The van der Waals surface area contributed by atoms with Crippen LogP contribution in [0.2, 0.25) is 0 Å². The van der Waals surface area contributed by atoms with E-state index in [0.29, 0.717) is 17.4 Å². The van der Waals surface area contributed by atoms with Crippen molar-refractivity contribution in [3.05, 3.63) is 23.2 Å². The number of rotatable bonds is 6. The Morgan fingerprint density at radius 3 is 2.45 bits per heavy atom. The minimum Gasteiger partial charge on any atom is -0.478 e. The number of amides is 1. The molecule has 5 heteroatoms. The van der Waals surface area contributed by atoms with Gasteiger partial charge in [0.1, 0.15) is 17.1 Å². The molecule has 0 saturated heterocycles. The highest BCUT2D eigenvalue weighted by molar-refractivity contribution is 5.88. The average molecular weight is 281 g/mol. The SMILES string of the molecule is Cc1oc(CNC(=O)C(C)(C)CC(C)C)cc1C(=O)O. The standard InChI is InChI=1S/C15H23NO4/c1-9(2)7-15(4,5)14(19)16-8-11-6-12(13(17)18)10(3)20-11/h6,9H,7-8H2,1-5H3,(H,16,19)(H,17,18). The van der Waals surface area contributed by atoms with E-state index in [-0.39, 0.29) is 18.0 Å². The van der Waals surface area contributed by atoms with Crippen LogP contribution in [-0.4, -0.2) is 17.0 Å². The van der Waals surface area contributed by atoms with E-state index in [1.165, 1.54) is 6.07 Å². The van der Waals surface area contributed by atoms with Gasteiger partial charge in [0.2, 0.25) is 5.91 Å². The van der Waals surface area contributed by atoms with Crippen LogP contribution in [0.1, 0.15) is 56.0 Å². The fourth-order valence-corrected chi connectivity index (χ4v) is 2.36. The fraction of sp³-hybridized carbons (Fsp3) is 0.600. The highest BCUT2D eigenvalue weighted by Crippen LogP contribution is 2.25. The van der Waals surface area contributed by atoms with Gasteiger partial charge in [0.15, 0.2) is 0 Å². The molecule has 112 valence electrons. The molecule has 1 aromatic heterocycles. The second kappa shape index (κ2) is 6.11. The molecule has 1 aromatic rings. The Balaban J connectivity index is 2.65. The summed E-state index contributed by atoms with van der Waals surface area (Å²) in [6, 6.07) is 1.45. The van der Waals surface area contributed by atoms with Crippen molar-refractivity contribution in [3.63, 3.8) is 0 Å². The topological polar surface area (TPSA) is 79.5 Å². The number of hydrogen-bond acceptors (Lipinski definition) is 3. The van der Waals surface area contributed by atoms with Crippen molar-refractivity contribution in [2.24, 2.45) is 11.3 Å². The van der Waals surface area contributed by atoms with Gasteiger partial charge in [-0.2, -0.15) is 0 Å². The van der Waals surface area contributed by atoms with Crippen LogP contribution in [0.5, 0.6) is 0 Å². The van der Waals surface area contributed by atoms with E-state index in [2.05, 4.69) is 19.2 Å². The molecule has 1 heterocycles. The van der Waals surface area contributed by atoms with Crippen LogP contribution in [0.4, 0.5) is 0 Å². The van der Waals surface area contributed by atoms with Crippen LogP contribution >= 0.6 is 0 Å². The Morgan fingerprint density at radius 1 is 1.40 bits per heavy atom. The van der Waals surface area contributed by atoms with Crippen LogP contribution in [-0.2, 0) is 11.3 Å². The molecule has 0 aliphatic rings. The monoisotopic (exact) mass is 281 g/mol. The lowest BCUT2D eigenvalue weighted by atomic mass is 9.83. The molecule has 0 aliphatic carbocycles. The number of aryl methyl sites for hydroxylation is 1. The minimum absolute atomic E-state index is 0.0582. The molecule has 0 atom stereocenters. The number of furan rings is 1. The summed E-state index contributed by atoms with van der Waals surface area (Å²) in [5.41, 5.74) is -0.318. The predicted octanol–water partition coefficient (Wildman–Crippen LogP) is 2.97. The summed E-state index contributed by atoms with van der Waals surface area (Å²) in [5.74, 6) is 0.151. The molecular weight excluding hydrogens is 258 g/mol. The number of carbonyl (C=O) groups is 2. The first-order valence-corrected chi connectivity index (χ1v) is 6.74. The highest BCUT2D eigenvalue weighted by Gasteiger charge is 2.28. The Labute approximate surface area is 119 Å². The van der Waals surface area contributed by atoms with Gasteiger partial charge in [0.25, 0.3) is 0 Å². The largest absolute Gasteiger partial charge is 0.478 e. The van der Waals surface area contributed by atoms with Gasteiger partial charge in [-0.1, -0.05) is 27.7 Å². The molecule has 1 rings (SSSR count). The lowest BCUT2D eigenvalue weighted by molar-refractivity contribution is -0.130. The second-order valence-electron chi connectivity index (χ2n) is 6.15. The third-order valence-electron chi connectivity index (χ3n) is 3.16. The van der Waals surface area contributed by atoms with Crippen LogP contribution in [0.25, 0.3) is 0 Å². The normalized spacial score (nSPS) is 11.7. The van der Waals surface area contributed by atoms with E-state index in [4.69, 9.17) is 9.52 Å². The Bertz CT molecular complexity index is 500. The summed E-state index contributed by atoms with van der Waals surface area (Å²) in [5, 5.41) is 11.7. The maximum Gasteiger partial charge on any atom is 0.339 e. The summed E-state index contributed by atoms with van der Waals surface area (Å²) >= 11 is 0. The van der Waals surface area contributed by atoms with E-state index in [1.807, 2.05) is 13.8 Å². The number of aromatic carboxylic acids is 1. The Kier molecular flexibility index (Phi) is 4.98. The van der Waals surface area contributed by atoms with E-state index in [0.717, 1.165) is 6.42 Å². The number of hydrogen-bond donors (Lipinski definition) is 2. The van der Waals surface area contributed by atoms with Gasteiger partial charge in [-0.25, -0.2) is 4.79 Å². The average Bonchev–Trinajstić information content (AvgIpc) is 2.65. The Morgan fingerprint density at radius 2 is 2.00 bits per heavy atom. The van der Waals surface area contributed by atoms with Crippen molar-refractivity contribution in [1.82, 2.24) is 5.32 Å². The number of carboxylic acid groups (broad SMARTS) is 1. The van der Waals surface area contributed by atoms with Crippen molar-refractivity contribution in [3.8, 4) is 0 Å². The van der Waals surface area contributed by atoms with Crippen LogP contribution in [0.3, 0.4) is 0 Å². The summed E-state index contributed by atoms with van der Waals surface area (Å²) in [4.78, 5) is 23.0. The van der Waals surface area contributed by atoms with E-state index < -0.39 is 11.4 Å². The predicted molar refractivity (Wildman–Crippen MR) is 75.5 cm³/mol. The van der Waals surface area contributed by atoms with Gasteiger partial charge in [-0.15, -0.1) is 0 Å². The van der Waals surface area contributed by atoms with Gasteiger partial charge < -0.3 is 14.8 Å². The zero-order chi connectivity index (χ0) is 15.5. The lowest BCUT2D eigenvalue weighted by Gasteiger charge is -2.25. The summed E-state index contributed by atoms with van der Waals surface area (Å²) in [6.07, 6.45) is 0.788. The number of carbonyl (C=O) groups excluding carboxylic acids is 1. The molecular formula is C15H23NO4. The third-order valence-corrected chi connectivity index (χ3v) is 3.16. The first kappa shape index (κ1) is 16.3. The van der Waals surface area contributed by atoms with Crippen molar-refractivity contribution >= 4 is 11.9 Å². The van der Waals surface area contributed by atoms with Gasteiger partial charge in [0.05, 0.1) is 6.54 Å². The maximum atomic E-state index is 12.1. The van der Waals surface area contributed by atoms with Crippen molar-refractivity contribution in [2.45, 2.75) is 47.6 Å². The molecule has 0 radical (unpaired) electrons. The van der Waals surface area contributed by atoms with Gasteiger partial charge in [-0.3, -0.25) is 4.79 Å². The van der Waals surface area contributed by atoms with Gasteiger partial charge in [-0.05, 0) is 25.3 Å². The molecule has 0 aromatic carbocycles. The lowest BCUT2D eigenvalue weighted by Crippen LogP contribution is -2.37. The molecule has 0 aliphatic heterocycles. The van der Waals surface area contributed by atoms with Crippen LogP contribution in [0, 0.1) is 18.3 Å². The summed E-state index contributed by atoms with van der Waals surface area (Å²) in [7, 11) is 0. The molecule has 0 bridgehead atoms.